The van der Waals surface area contributed by atoms with Gasteiger partial charge in [0.05, 0.1) is 0 Å². The average molecular weight is 343 g/mol. The first-order chi connectivity index (χ1) is 12.2. The Kier molecular flexibility index (Phi) is 5.33. The molecule has 0 N–H and O–H groups in total. The second-order valence-electron chi connectivity index (χ2n) is 8.62. The van der Waals surface area contributed by atoms with E-state index in [-0.39, 0.29) is 0 Å². The molecule has 1 aromatic carbocycles. The van der Waals surface area contributed by atoms with E-state index in [1.807, 2.05) is 0 Å². The Labute approximate surface area is 153 Å². The van der Waals surface area contributed by atoms with Crippen molar-refractivity contribution in [1.29, 1.82) is 0 Å². The maximum absolute atomic E-state index is 6.35. The minimum Gasteiger partial charge on any atom is -0.490 e. The van der Waals surface area contributed by atoms with Gasteiger partial charge < -0.3 is 14.5 Å². The molecule has 0 spiro atoms. The van der Waals surface area contributed by atoms with Crippen molar-refractivity contribution in [3.63, 3.8) is 0 Å². The van der Waals surface area contributed by atoms with E-state index in [2.05, 4.69) is 41.8 Å². The third-order valence-electron chi connectivity index (χ3n) is 6.30. The largest absolute Gasteiger partial charge is 0.490 e. The summed E-state index contributed by atoms with van der Waals surface area (Å²) in [6.07, 6.45) is 8.01. The van der Waals surface area contributed by atoms with Crippen LogP contribution in [0.25, 0.3) is 0 Å². The summed E-state index contributed by atoms with van der Waals surface area (Å²) in [4.78, 5) is 5.24. The first kappa shape index (κ1) is 17.4. The van der Waals surface area contributed by atoms with Gasteiger partial charge in [-0.2, -0.15) is 0 Å². The number of hydrogen-bond donors (Lipinski definition) is 0. The zero-order valence-electron chi connectivity index (χ0n) is 16.0. The maximum atomic E-state index is 6.35. The van der Waals surface area contributed by atoms with E-state index in [1.165, 1.54) is 64.0 Å². The second kappa shape index (κ2) is 7.67. The molecule has 3 heteroatoms. The van der Waals surface area contributed by atoms with E-state index < -0.39 is 0 Å². The van der Waals surface area contributed by atoms with Crippen LogP contribution in [-0.4, -0.2) is 54.7 Å². The Morgan fingerprint density at radius 2 is 1.68 bits per heavy atom. The molecular formula is C22H34N2O. The summed E-state index contributed by atoms with van der Waals surface area (Å²) in [5.41, 5.74) is 3.07. The molecule has 0 amide bonds. The van der Waals surface area contributed by atoms with E-state index in [0.29, 0.717) is 12.1 Å². The zero-order valence-corrected chi connectivity index (χ0v) is 16.0. The molecule has 138 valence electrons. The molecule has 25 heavy (non-hydrogen) atoms. The van der Waals surface area contributed by atoms with Crippen LogP contribution in [0.3, 0.4) is 0 Å². The molecule has 2 aliphatic heterocycles. The van der Waals surface area contributed by atoms with E-state index in [4.69, 9.17) is 4.74 Å². The smallest absolute Gasteiger partial charge is 0.120 e. The highest BCUT2D eigenvalue weighted by Gasteiger charge is 2.26. The fraction of sp³-hybridized carbons (Fsp3) is 0.727. The summed E-state index contributed by atoms with van der Waals surface area (Å²) in [6.45, 7) is 10.7. The van der Waals surface area contributed by atoms with Crippen LogP contribution in [0.5, 0.6) is 5.75 Å². The minimum absolute atomic E-state index is 0.394. The average Bonchev–Trinajstić information content (AvgIpc) is 3.44. The number of rotatable bonds is 5. The molecule has 2 fully saturated rings. The van der Waals surface area contributed by atoms with Gasteiger partial charge in [-0.15, -0.1) is 0 Å². The third-order valence-corrected chi connectivity index (χ3v) is 6.30. The molecule has 1 saturated heterocycles. The van der Waals surface area contributed by atoms with Crippen molar-refractivity contribution in [2.45, 2.75) is 64.5 Å². The lowest BCUT2D eigenvalue weighted by atomic mass is 10.0. The molecule has 1 aromatic rings. The van der Waals surface area contributed by atoms with Gasteiger partial charge in [-0.3, -0.25) is 0 Å². The van der Waals surface area contributed by atoms with Crippen LogP contribution in [0.1, 0.15) is 50.7 Å². The first-order valence-corrected chi connectivity index (χ1v) is 10.4. The molecule has 0 radical (unpaired) electrons. The molecule has 3 nitrogen and oxygen atoms in total. The Bertz CT molecular complexity index is 573. The van der Waals surface area contributed by atoms with Gasteiger partial charge in [0.25, 0.3) is 0 Å². The van der Waals surface area contributed by atoms with Crippen molar-refractivity contribution >= 4 is 0 Å². The minimum atomic E-state index is 0.394. The van der Waals surface area contributed by atoms with Gasteiger partial charge in [-0.05, 0) is 81.5 Å². The lowest BCUT2D eigenvalue weighted by Gasteiger charge is -2.34. The highest BCUT2D eigenvalue weighted by Crippen LogP contribution is 2.31. The number of nitrogens with zero attached hydrogens (tertiary/aromatic N) is 2. The van der Waals surface area contributed by atoms with Gasteiger partial charge in [0.1, 0.15) is 11.9 Å². The van der Waals surface area contributed by atoms with Gasteiger partial charge in [-0.25, -0.2) is 0 Å². The summed E-state index contributed by atoms with van der Waals surface area (Å²) < 4.78 is 6.35. The van der Waals surface area contributed by atoms with E-state index in [1.54, 1.807) is 5.56 Å². The molecule has 4 rings (SSSR count). The van der Waals surface area contributed by atoms with Crippen molar-refractivity contribution in [1.82, 2.24) is 9.80 Å². The van der Waals surface area contributed by atoms with Crippen LogP contribution in [0.15, 0.2) is 18.2 Å². The van der Waals surface area contributed by atoms with Crippen LogP contribution in [-0.2, 0) is 12.8 Å². The maximum Gasteiger partial charge on any atom is 0.120 e. The van der Waals surface area contributed by atoms with E-state index >= 15 is 0 Å². The molecule has 3 aliphatic rings. The van der Waals surface area contributed by atoms with Crippen molar-refractivity contribution in [3.8, 4) is 5.75 Å². The summed E-state index contributed by atoms with van der Waals surface area (Å²) in [7, 11) is 0. The number of hydrogen-bond acceptors (Lipinski definition) is 3. The molecule has 0 aromatic heterocycles. The number of fused-ring (bicyclic) bond motifs is 1. The molecule has 2 heterocycles. The normalized spacial score (nSPS) is 23.5. The number of benzene rings is 1. The summed E-state index contributed by atoms with van der Waals surface area (Å²) >= 11 is 0. The number of piperidine rings is 1. The fourth-order valence-corrected chi connectivity index (χ4v) is 4.37. The predicted octanol–water partition coefficient (Wildman–Crippen LogP) is 3.75. The van der Waals surface area contributed by atoms with Gasteiger partial charge in [0.15, 0.2) is 0 Å². The van der Waals surface area contributed by atoms with E-state index in [0.717, 1.165) is 24.5 Å². The first-order valence-electron chi connectivity index (χ1n) is 10.4. The summed E-state index contributed by atoms with van der Waals surface area (Å²) in [5.74, 6) is 2.09. The Morgan fingerprint density at radius 1 is 0.960 bits per heavy atom. The van der Waals surface area contributed by atoms with Crippen molar-refractivity contribution in [3.05, 3.63) is 29.3 Å². The SMILES string of the molecule is CC(C)N1CCC(Oc2ccc3c(c2)CCN(CC2CC2)CC3)CC1. The van der Waals surface area contributed by atoms with Crippen molar-refractivity contribution < 1.29 is 4.74 Å². The summed E-state index contributed by atoms with van der Waals surface area (Å²) in [5, 5.41) is 0. The highest BCUT2D eigenvalue weighted by molar-refractivity contribution is 5.37. The molecule has 1 aliphatic carbocycles. The highest BCUT2D eigenvalue weighted by atomic mass is 16.5. The molecular weight excluding hydrogens is 308 g/mol. The fourth-order valence-electron chi connectivity index (χ4n) is 4.37. The molecule has 0 atom stereocenters. The lowest BCUT2D eigenvalue weighted by Crippen LogP contribution is -2.41. The summed E-state index contributed by atoms with van der Waals surface area (Å²) in [6, 6.07) is 7.54. The quantitative estimate of drug-likeness (QED) is 0.810. The third kappa shape index (κ3) is 4.57. The van der Waals surface area contributed by atoms with Crippen LogP contribution >= 0.6 is 0 Å². The molecule has 1 saturated carbocycles. The predicted molar refractivity (Wildman–Crippen MR) is 103 cm³/mol. The lowest BCUT2D eigenvalue weighted by molar-refractivity contribution is 0.0842. The Morgan fingerprint density at radius 3 is 2.36 bits per heavy atom. The van der Waals surface area contributed by atoms with Gasteiger partial charge in [-0.1, -0.05) is 6.07 Å². The van der Waals surface area contributed by atoms with Crippen molar-refractivity contribution in [2.24, 2.45) is 5.92 Å². The standard InChI is InChI=1S/C22H34N2O/c1-17(2)24-13-9-21(10-14-24)25-22-6-5-19-7-11-23(16-18-3-4-18)12-8-20(19)15-22/h5-6,15,17-18,21H,3-4,7-14,16H2,1-2H3. The van der Waals surface area contributed by atoms with Gasteiger partial charge in [0, 0.05) is 38.8 Å². The molecule has 0 bridgehead atoms. The van der Waals surface area contributed by atoms with Gasteiger partial charge in [0.2, 0.25) is 0 Å². The number of likely N-dealkylation sites (tertiary alicyclic amines) is 1. The van der Waals surface area contributed by atoms with E-state index in [9.17, 15) is 0 Å². The second-order valence-corrected chi connectivity index (χ2v) is 8.62. The Hall–Kier alpha value is -1.06. The zero-order chi connectivity index (χ0) is 17.2. The monoisotopic (exact) mass is 342 g/mol. The van der Waals surface area contributed by atoms with Crippen LogP contribution < -0.4 is 4.74 Å². The van der Waals surface area contributed by atoms with Crippen molar-refractivity contribution in [2.75, 3.05) is 32.7 Å². The van der Waals surface area contributed by atoms with Crippen LogP contribution in [0, 0.1) is 5.92 Å². The van der Waals surface area contributed by atoms with Crippen LogP contribution in [0.4, 0.5) is 0 Å². The molecule has 0 unspecified atom stereocenters. The Balaban J connectivity index is 1.33. The van der Waals surface area contributed by atoms with Crippen LogP contribution in [0.2, 0.25) is 0 Å². The van der Waals surface area contributed by atoms with Gasteiger partial charge >= 0.3 is 0 Å². The number of ether oxygens (including phenoxy) is 1. The topological polar surface area (TPSA) is 15.7 Å².